The van der Waals surface area contributed by atoms with E-state index in [1.807, 2.05) is 0 Å². The Morgan fingerprint density at radius 2 is 2.15 bits per heavy atom. The van der Waals surface area contributed by atoms with Gasteiger partial charge in [0.1, 0.15) is 0 Å². The average Bonchev–Trinajstić information content (AvgIpc) is 2.82. The van der Waals surface area contributed by atoms with Gasteiger partial charge in [-0.3, -0.25) is 4.79 Å². The Kier molecular flexibility index (Phi) is 7.32. The minimum Gasteiger partial charge on any atom is -0.356 e. The summed E-state index contributed by atoms with van der Waals surface area (Å²) in [5.74, 6) is 1.72. The number of hydrogen-bond donors (Lipinski definition) is 2. The zero-order valence-corrected chi connectivity index (χ0v) is 13.9. The number of halogens is 1. The van der Waals surface area contributed by atoms with Gasteiger partial charge in [-0.15, -0.1) is 12.4 Å². The molecule has 20 heavy (non-hydrogen) atoms. The van der Waals surface area contributed by atoms with Crippen LogP contribution in [0.4, 0.5) is 0 Å². The smallest absolute Gasteiger partial charge is 0.220 e. The van der Waals surface area contributed by atoms with Crippen LogP contribution in [-0.2, 0) is 4.79 Å². The number of carbonyl (C=O) groups excluding carboxylic acids is 1. The van der Waals surface area contributed by atoms with Gasteiger partial charge in [-0.05, 0) is 62.4 Å². The SMILES string of the molecule is CC(C)CC1(CNC(=O)CCC2CCNC2)CCC1.Cl. The van der Waals surface area contributed by atoms with Crippen LogP contribution in [0.15, 0.2) is 0 Å². The molecule has 0 aromatic carbocycles. The van der Waals surface area contributed by atoms with Crippen molar-refractivity contribution in [1.82, 2.24) is 10.6 Å². The van der Waals surface area contributed by atoms with Crippen molar-refractivity contribution in [2.45, 2.75) is 58.8 Å². The summed E-state index contributed by atoms with van der Waals surface area (Å²) in [6, 6.07) is 0. The first kappa shape index (κ1) is 17.8. The summed E-state index contributed by atoms with van der Waals surface area (Å²) in [7, 11) is 0. The molecule has 1 saturated carbocycles. The van der Waals surface area contributed by atoms with Crippen LogP contribution in [-0.4, -0.2) is 25.5 Å². The predicted molar refractivity (Wildman–Crippen MR) is 86.2 cm³/mol. The van der Waals surface area contributed by atoms with E-state index in [-0.39, 0.29) is 18.3 Å². The lowest BCUT2D eigenvalue weighted by atomic mass is 9.64. The largest absolute Gasteiger partial charge is 0.356 e. The minimum absolute atomic E-state index is 0. The van der Waals surface area contributed by atoms with Gasteiger partial charge < -0.3 is 10.6 Å². The van der Waals surface area contributed by atoms with Crippen LogP contribution < -0.4 is 10.6 Å². The van der Waals surface area contributed by atoms with Crippen molar-refractivity contribution in [2.24, 2.45) is 17.3 Å². The van der Waals surface area contributed by atoms with Crippen LogP contribution in [0.3, 0.4) is 0 Å². The lowest BCUT2D eigenvalue weighted by Crippen LogP contribution is -2.43. The maximum absolute atomic E-state index is 11.9. The highest BCUT2D eigenvalue weighted by Crippen LogP contribution is 2.45. The highest BCUT2D eigenvalue weighted by molar-refractivity contribution is 5.85. The molecule has 4 heteroatoms. The van der Waals surface area contributed by atoms with E-state index in [2.05, 4.69) is 24.5 Å². The highest BCUT2D eigenvalue weighted by Gasteiger charge is 2.37. The Balaban J connectivity index is 0.00000200. The first-order valence-corrected chi connectivity index (χ1v) is 8.07. The maximum atomic E-state index is 11.9. The van der Waals surface area contributed by atoms with Crippen LogP contribution in [0.5, 0.6) is 0 Å². The summed E-state index contributed by atoms with van der Waals surface area (Å²) in [4.78, 5) is 11.9. The predicted octanol–water partition coefficient (Wildman–Crippen LogP) is 3.13. The van der Waals surface area contributed by atoms with Gasteiger partial charge in [-0.2, -0.15) is 0 Å². The number of carbonyl (C=O) groups is 1. The van der Waals surface area contributed by atoms with Crippen molar-refractivity contribution in [3.8, 4) is 0 Å². The van der Waals surface area contributed by atoms with E-state index >= 15 is 0 Å². The highest BCUT2D eigenvalue weighted by atomic mass is 35.5. The van der Waals surface area contributed by atoms with E-state index in [0.29, 0.717) is 11.8 Å². The molecule has 1 saturated heterocycles. The molecule has 2 rings (SSSR count). The molecule has 0 bridgehead atoms. The van der Waals surface area contributed by atoms with Crippen molar-refractivity contribution < 1.29 is 4.79 Å². The molecule has 1 unspecified atom stereocenters. The maximum Gasteiger partial charge on any atom is 0.220 e. The third kappa shape index (κ3) is 5.25. The Morgan fingerprint density at radius 1 is 1.40 bits per heavy atom. The quantitative estimate of drug-likeness (QED) is 0.758. The molecule has 1 amide bonds. The summed E-state index contributed by atoms with van der Waals surface area (Å²) in [6.45, 7) is 7.71. The van der Waals surface area contributed by atoms with Crippen molar-refractivity contribution in [1.29, 1.82) is 0 Å². The fraction of sp³-hybridized carbons (Fsp3) is 0.938. The van der Waals surface area contributed by atoms with Gasteiger partial charge in [-0.1, -0.05) is 20.3 Å². The molecule has 1 aliphatic carbocycles. The summed E-state index contributed by atoms with van der Waals surface area (Å²) >= 11 is 0. The lowest BCUT2D eigenvalue weighted by molar-refractivity contribution is -0.122. The fourth-order valence-electron chi connectivity index (χ4n) is 3.67. The van der Waals surface area contributed by atoms with Crippen LogP contribution in [0.1, 0.15) is 58.8 Å². The molecular weight excluding hydrogens is 272 g/mol. The van der Waals surface area contributed by atoms with E-state index in [0.717, 1.165) is 37.9 Å². The molecule has 1 aliphatic heterocycles. The molecule has 1 heterocycles. The fourth-order valence-corrected chi connectivity index (χ4v) is 3.67. The Hall–Kier alpha value is -0.280. The molecule has 0 aromatic rings. The topological polar surface area (TPSA) is 41.1 Å². The molecule has 0 radical (unpaired) electrons. The van der Waals surface area contributed by atoms with Crippen molar-refractivity contribution in [3.63, 3.8) is 0 Å². The third-order valence-corrected chi connectivity index (χ3v) is 4.86. The van der Waals surface area contributed by atoms with Crippen LogP contribution in [0, 0.1) is 17.3 Å². The molecule has 2 aliphatic rings. The normalized spacial score (nSPS) is 24.1. The number of amides is 1. The summed E-state index contributed by atoms with van der Waals surface area (Å²) in [6.07, 6.45) is 8.22. The van der Waals surface area contributed by atoms with Crippen LogP contribution >= 0.6 is 12.4 Å². The van der Waals surface area contributed by atoms with Crippen molar-refractivity contribution in [3.05, 3.63) is 0 Å². The average molecular weight is 303 g/mol. The number of nitrogens with one attached hydrogen (secondary N) is 2. The molecule has 0 spiro atoms. The van der Waals surface area contributed by atoms with E-state index in [4.69, 9.17) is 0 Å². The Bertz CT molecular complexity index is 297. The standard InChI is InChI=1S/C16H30N2O.ClH/c1-13(2)10-16(7-3-8-16)12-18-15(19)5-4-14-6-9-17-11-14;/h13-14,17H,3-12H2,1-2H3,(H,18,19);1H. The molecular formula is C16H31ClN2O. The molecule has 0 aromatic heterocycles. The second-order valence-electron chi connectivity index (χ2n) is 7.13. The molecule has 2 N–H and O–H groups in total. The first-order chi connectivity index (χ1) is 9.10. The molecule has 2 fully saturated rings. The first-order valence-electron chi connectivity index (χ1n) is 8.07. The number of hydrogen-bond acceptors (Lipinski definition) is 2. The van der Waals surface area contributed by atoms with E-state index in [1.165, 1.54) is 32.1 Å². The summed E-state index contributed by atoms with van der Waals surface area (Å²) in [5.41, 5.74) is 0.429. The molecule has 118 valence electrons. The number of rotatable bonds is 7. The van der Waals surface area contributed by atoms with Gasteiger partial charge in [0, 0.05) is 13.0 Å². The summed E-state index contributed by atoms with van der Waals surface area (Å²) < 4.78 is 0. The third-order valence-electron chi connectivity index (χ3n) is 4.86. The van der Waals surface area contributed by atoms with Gasteiger partial charge in [0.25, 0.3) is 0 Å². The van der Waals surface area contributed by atoms with Gasteiger partial charge >= 0.3 is 0 Å². The van der Waals surface area contributed by atoms with Crippen molar-refractivity contribution in [2.75, 3.05) is 19.6 Å². The minimum atomic E-state index is 0. The van der Waals surface area contributed by atoms with E-state index < -0.39 is 0 Å². The van der Waals surface area contributed by atoms with E-state index in [9.17, 15) is 4.79 Å². The van der Waals surface area contributed by atoms with Crippen molar-refractivity contribution >= 4 is 18.3 Å². The van der Waals surface area contributed by atoms with Gasteiger partial charge in [0.15, 0.2) is 0 Å². The zero-order valence-electron chi connectivity index (χ0n) is 13.0. The van der Waals surface area contributed by atoms with Gasteiger partial charge in [0.2, 0.25) is 5.91 Å². The molecule has 1 atom stereocenters. The Morgan fingerprint density at radius 3 is 2.65 bits per heavy atom. The van der Waals surface area contributed by atoms with Gasteiger partial charge in [-0.25, -0.2) is 0 Å². The zero-order chi connectivity index (χ0) is 13.7. The van der Waals surface area contributed by atoms with E-state index in [1.54, 1.807) is 0 Å². The van der Waals surface area contributed by atoms with Crippen LogP contribution in [0.2, 0.25) is 0 Å². The monoisotopic (exact) mass is 302 g/mol. The van der Waals surface area contributed by atoms with Crippen LogP contribution in [0.25, 0.3) is 0 Å². The second-order valence-corrected chi connectivity index (χ2v) is 7.13. The second kappa shape index (κ2) is 8.23. The summed E-state index contributed by atoms with van der Waals surface area (Å²) in [5, 5.41) is 6.56. The molecule has 3 nitrogen and oxygen atoms in total. The lowest BCUT2D eigenvalue weighted by Gasteiger charge is -2.43. The van der Waals surface area contributed by atoms with Gasteiger partial charge in [0.05, 0.1) is 0 Å². The Labute approximate surface area is 130 Å².